The zero-order valence-electron chi connectivity index (χ0n) is 9.66. The highest BCUT2D eigenvalue weighted by Gasteiger charge is 2.08. The third-order valence-corrected chi connectivity index (χ3v) is 3.58. The summed E-state index contributed by atoms with van der Waals surface area (Å²) in [6.07, 6.45) is 0.865. The molecule has 0 radical (unpaired) electrons. The van der Waals surface area contributed by atoms with Gasteiger partial charge in [-0.25, -0.2) is 4.39 Å². The second kappa shape index (κ2) is 5.46. The maximum Gasteiger partial charge on any atom is 0.123 e. The minimum Gasteiger partial charge on any atom is -0.207 e. The molecule has 0 aliphatic carbocycles. The first kappa shape index (κ1) is 12.3. The Balaban J connectivity index is 2.11. The number of rotatable bonds is 3. The Morgan fingerprint density at radius 3 is 2.47 bits per heavy atom. The molecule has 0 aliphatic heterocycles. The Hall–Kier alpha value is -1.15. The van der Waals surface area contributed by atoms with Crippen LogP contribution < -0.4 is 0 Å². The summed E-state index contributed by atoms with van der Waals surface area (Å²) in [6, 6.07) is 15.1. The fourth-order valence-electron chi connectivity index (χ4n) is 1.81. The predicted octanol–water partition coefficient (Wildman–Crippen LogP) is 4.81. The number of hydrogen-bond donors (Lipinski definition) is 0. The molecule has 88 valence electrons. The molecule has 0 N–H and O–H groups in total. The zero-order valence-corrected chi connectivity index (χ0v) is 11.2. The van der Waals surface area contributed by atoms with Crippen molar-refractivity contribution >= 4 is 15.9 Å². The number of alkyl halides is 1. The van der Waals surface area contributed by atoms with E-state index >= 15 is 0 Å². The molecule has 0 bridgehead atoms. The first-order valence-electron chi connectivity index (χ1n) is 5.60. The lowest BCUT2D eigenvalue weighted by Crippen LogP contribution is -1.95. The quantitative estimate of drug-likeness (QED) is 0.712. The highest BCUT2D eigenvalue weighted by atomic mass is 79.9. The van der Waals surface area contributed by atoms with Crippen molar-refractivity contribution < 1.29 is 4.39 Å². The van der Waals surface area contributed by atoms with E-state index in [9.17, 15) is 4.39 Å². The molecule has 1 unspecified atom stereocenters. The van der Waals surface area contributed by atoms with Crippen LogP contribution in [0.25, 0.3) is 0 Å². The van der Waals surface area contributed by atoms with Crippen LogP contribution in [0.15, 0.2) is 48.5 Å². The zero-order chi connectivity index (χ0) is 12.3. The monoisotopic (exact) mass is 292 g/mol. The summed E-state index contributed by atoms with van der Waals surface area (Å²) in [5.41, 5.74) is 3.65. The van der Waals surface area contributed by atoms with Crippen LogP contribution in [0, 0.1) is 12.7 Å². The van der Waals surface area contributed by atoms with Crippen LogP contribution in [0.4, 0.5) is 4.39 Å². The number of hydrogen-bond acceptors (Lipinski definition) is 0. The van der Waals surface area contributed by atoms with E-state index in [0.29, 0.717) is 0 Å². The topological polar surface area (TPSA) is 0 Å². The lowest BCUT2D eigenvalue weighted by atomic mass is 10.0. The number of benzene rings is 2. The summed E-state index contributed by atoms with van der Waals surface area (Å²) in [5.74, 6) is -0.185. The van der Waals surface area contributed by atoms with E-state index in [-0.39, 0.29) is 10.6 Å². The van der Waals surface area contributed by atoms with Crippen molar-refractivity contribution in [2.75, 3.05) is 0 Å². The Kier molecular flexibility index (Phi) is 3.95. The van der Waals surface area contributed by atoms with Crippen molar-refractivity contribution in [3.8, 4) is 0 Å². The van der Waals surface area contributed by atoms with Crippen molar-refractivity contribution in [2.24, 2.45) is 0 Å². The Morgan fingerprint density at radius 2 is 1.82 bits per heavy atom. The summed E-state index contributed by atoms with van der Waals surface area (Å²) >= 11 is 3.68. The van der Waals surface area contributed by atoms with Crippen molar-refractivity contribution in [1.29, 1.82) is 0 Å². The molecule has 17 heavy (non-hydrogen) atoms. The van der Waals surface area contributed by atoms with Gasteiger partial charge in [0.05, 0.1) is 0 Å². The second-order valence-corrected chi connectivity index (χ2v) is 5.32. The van der Waals surface area contributed by atoms with E-state index in [2.05, 4.69) is 47.1 Å². The van der Waals surface area contributed by atoms with Crippen molar-refractivity contribution in [1.82, 2.24) is 0 Å². The summed E-state index contributed by atoms with van der Waals surface area (Å²) in [5, 5.41) is 0. The largest absolute Gasteiger partial charge is 0.207 e. The predicted molar refractivity (Wildman–Crippen MR) is 73.0 cm³/mol. The Morgan fingerprint density at radius 1 is 1.12 bits per heavy atom. The fourth-order valence-corrected chi connectivity index (χ4v) is 2.47. The fraction of sp³-hybridized carbons (Fsp3) is 0.200. The first-order chi connectivity index (χ1) is 8.15. The number of aryl methyl sites for hydroxylation is 1. The summed E-state index contributed by atoms with van der Waals surface area (Å²) in [6.45, 7) is 2.08. The van der Waals surface area contributed by atoms with E-state index in [1.165, 1.54) is 23.3 Å². The van der Waals surface area contributed by atoms with Gasteiger partial charge in [0.15, 0.2) is 0 Å². The minimum absolute atomic E-state index is 0.185. The highest BCUT2D eigenvalue weighted by molar-refractivity contribution is 9.09. The molecule has 0 spiro atoms. The molecule has 0 aromatic heterocycles. The average Bonchev–Trinajstić information content (AvgIpc) is 2.32. The Bertz CT molecular complexity index is 491. The number of halogens is 2. The van der Waals surface area contributed by atoms with Crippen LogP contribution in [-0.2, 0) is 6.42 Å². The standard InChI is InChI=1S/C15H14BrF/c1-11-3-2-4-13(9-11)15(16)10-12-5-7-14(17)8-6-12/h2-9,15H,10H2,1H3. The molecule has 0 amide bonds. The first-order valence-corrected chi connectivity index (χ1v) is 6.52. The van der Waals surface area contributed by atoms with Gasteiger partial charge in [-0.1, -0.05) is 57.9 Å². The molecule has 1 atom stereocenters. The van der Waals surface area contributed by atoms with Crippen molar-refractivity contribution in [3.63, 3.8) is 0 Å². The Labute approximate surface area is 110 Å². The maximum atomic E-state index is 12.8. The normalized spacial score (nSPS) is 12.4. The molecule has 2 aromatic rings. The van der Waals surface area contributed by atoms with Gasteiger partial charge in [0, 0.05) is 4.83 Å². The molecule has 0 aliphatic rings. The van der Waals surface area contributed by atoms with Crippen molar-refractivity contribution in [3.05, 3.63) is 71.0 Å². The smallest absolute Gasteiger partial charge is 0.123 e. The van der Waals surface area contributed by atoms with E-state index in [1.54, 1.807) is 0 Å². The van der Waals surface area contributed by atoms with Gasteiger partial charge >= 0.3 is 0 Å². The van der Waals surface area contributed by atoms with E-state index in [1.807, 2.05) is 12.1 Å². The van der Waals surface area contributed by atoms with Gasteiger partial charge in [0.1, 0.15) is 5.82 Å². The van der Waals surface area contributed by atoms with Gasteiger partial charge in [0.2, 0.25) is 0 Å². The van der Waals surface area contributed by atoms with E-state index in [0.717, 1.165) is 12.0 Å². The molecular formula is C15H14BrF. The van der Waals surface area contributed by atoms with Crippen molar-refractivity contribution in [2.45, 2.75) is 18.2 Å². The SMILES string of the molecule is Cc1cccc(C(Br)Cc2ccc(F)cc2)c1. The second-order valence-electron chi connectivity index (χ2n) is 4.21. The minimum atomic E-state index is -0.185. The molecule has 2 aromatic carbocycles. The van der Waals surface area contributed by atoms with Crippen LogP contribution in [-0.4, -0.2) is 0 Å². The molecule has 0 nitrogen and oxygen atoms in total. The molecule has 2 heteroatoms. The van der Waals surface area contributed by atoms with Crippen LogP contribution in [0.3, 0.4) is 0 Å². The van der Waals surface area contributed by atoms with Crippen LogP contribution in [0.1, 0.15) is 21.5 Å². The lowest BCUT2D eigenvalue weighted by molar-refractivity contribution is 0.627. The average molecular weight is 293 g/mol. The third-order valence-electron chi connectivity index (χ3n) is 2.73. The highest BCUT2D eigenvalue weighted by Crippen LogP contribution is 2.27. The molecule has 0 saturated carbocycles. The van der Waals surface area contributed by atoms with E-state index < -0.39 is 0 Å². The van der Waals surface area contributed by atoms with Gasteiger partial charge in [0.25, 0.3) is 0 Å². The third kappa shape index (κ3) is 3.40. The van der Waals surface area contributed by atoms with Gasteiger partial charge in [-0.3, -0.25) is 0 Å². The van der Waals surface area contributed by atoms with Gasteiger partial charge < -0.3 is 0 Å². The van der Waals surface area contributed by atoms with Gasteiger partial charge in [-0.05, 0) is 36.6 Å². The molecular weight excluding hydrogens is 279 g/mol. The van der Waals surface area contributed by atoms with E-state index in [4.69, 9.17) is 0 Å². The van der Waals surface area contributed by atoms with Gasteiger partial charge in [-0.2, -0.15) is 0 Å². The summed E-state index contributed by atoms with van der Waals surface area (Å²) in [7, 11) is 0. The van der Waals surface area contributed by atoms with Crippen LogP contribution in [0.5, 0.6) is 0 Å². The van der Waals surface area contributed by atoms with Gasteiger partial charge in [-0.15, -0.1) is 0 Å². The summed E-state index contributed by atoms with van der Waals surface area (Å²) in [4.78, 5) is 0.271. The molecule has 0 fully saturated rings. The lowest BCUT2D eigenvalue weighted by Gasteiger charge is -2.11. The molecule has 0 heterocycles. The molecule has 0 saturated heterocycles. The van der Waals surface area contributed by atoms with Crippen LogP contribution >= 0.6 is 15.9 Å². The molecule has 2 rings (SSSR count). The maximum absolute atomic E-state index is 12.8. The van der Waals surface area contributed by atoms with Crippen LogP contribution in [0.2, 0.25) is 0 Å². The summed E-state index contributed by atoms with van der Waals surface area (Å²) < 4.78 is 12.8.